The number of nitrogens with zero attached hydrogens (tertiary/aromatic N) is 1. The fourth-order valence-electron chi connectivity index (χ4n) is 3.67. The lowest BCUT2D eigenvalue weighted by atomic mass is 10.1. The maximum atomic E-state index is 13.1. The van der Waals surface area contributed by atoms with E-state index in [9.17, 15) is 14.4 Å². The number of nitrogens with two attached hydrogens (primary N) is 1. The van der Waals surface area contributed by atoms with Crippen LogP contribution < -0.4 is 11.1 Å². The third-order valence-corrected chi connectivity index (χ3v) is 6.69. The van der Waals surface area contributed by atoms with E-state index < -0.39 is 5.91 Å². The summed E-state index contributed by atoms with van der Waals surface area (Å²) in [5.74, 6) is -1.12. The summed E-state index contributed by atoms with van der Waals surface area (Å²) in [6, 6.07) is 6.69. The van der Waals surface area contributed by atoms with Crippen LogP contribution in [0, 0.1) is 13.8 Å². The molecular weight excluding hydrogens is 410 g/mol. The van der Waals surface area contributed by atoms with Crippen molar-refractivity contribution in [2.24, 2.45) is 5.73 Å². The van der Waals surface area contributed by atoms with Gasteiger partial charge >= 0.3 is 0 Å². The van der Waals surface area contributed by atoms with E-state index in [-0.39, 0.29) is 24.4 Å². The van der Waals surface area contributed by atoms with Gasteiger partial charge < -0.3 is 16.0 Å². The molecule has 6 nitrogen and oxygen atoms in total. The molecule has 1 aromatic carbocycles. The summed E-state index contributed by atoms with van der Waals surface area (Å²) in [6.07, 6.45) is 3.81. The zero-order valence-corrected chi connectivity index (χ0v) is 18.0. The highest BCUT2D eigenvalue weighted by molar-refractivity contribution is 7.16. The van der Waals surface area contributed by atoms with Crippen molar-refractivity contribution < 1.29 is 14.4 Å². The standard InChI is InChI=1S/C21H24ClN3O3S/c1-12-13(2)29-20(18(12)19(23)27)24-17(26)11-25(16-5-3-4-6-16)21(28)14-7-9-15(22)10-8-14/h7-10,16H,3-6,11H2,1-2H3,(H2,23,27)(H,24,26). The normalized spacial score (nSPS) is 14.0. The van der Waals surface area contributed by atoms with Gasteiger partial charge in [0.25, 0.3) is 11.8 Å². The maximum absolute atomic E-state index is 13.1. The average molecular weight is 434 g/mol. The van der Waals surface area contributed by atoms with E-state index in [1.165, 1.54) is 11.3 Å². The number of amides is 3. The largest absolute Gasteiger partial charge is 0.365 e. The Bertz CT molecular complexity index is 933. The second kappa shape index (κ2) is 8.97. The summed E-state index contributed by atoms with van der Waals surface area (Å²) in [7, 11) is 0. The van der Waals surface area contributed by atoms with Crippen molar-refractivity contribution >= 4 is 45.7 Å². The van der Waals surface area contributed by atoms with E-state index >= 15 is 0 Å². The SMILES string of the molecule is Cc1sc(NC(=O)CN(C(=O)c2ccc(Cl)cc2)C2CCCC2)c(C(N)=O)c1C. The highest BCUT2D eigenvalue weighted by Gasteiger charge is 2.30. The van der Waals surface area contributed by atoms with Crippen molar-refractivity contribution in [1.29, 1.82) is 0 Å². The summed E-state index contributed by atoms with van der Waals surface area (Å²) >= 11 is 7.24. The van der Waals surface area contributed by atoms with E-state index in [0.717, 1.165) is 36.1 Å². The maximum Gasteiger partial charge on any atom is 0.254 e. The van der Waals surface area contributed by atoms with Crippen LogP contribution in [-0.4, -0.2) is 35.2 Å². The molecule has 29 heavy (non-hydrogen) atoms. The molecule has 0 saturated heterocycles. The Kier molecular flexibility index (Phi) is 6.59. The molecular formula is C21H24ClN3O3S. The fraction of sp³-hybridized carbons (Fsp3) is 0.381. The number of hydrogen-bond donors (Lipinski definition) is 2. The molecule has 0 unspecified atom stereocenters. The molecule has 1 heterocycles. The van der Waals surface area contributed by atoms with Gasteiger partial charge in [-0.1, -0.05) is 24.4 Å². The van der Waals surface area contributed by atoms with Crippen LogP contribution >= 0.6 is 22.9 Å². The van der Waals surface area contributed by atoms with Crippen LogP contribution in [0.1, 0.15) is 56.8 Å². The molecule has 0 spiro atoms. The van der Waals surface area contributed by atoms with Gasteiger partial charge in [0, 0.05) is 21.5 Å². The first-order valence-electron chi connectivity index (χ1n) is 9.54. The molecule has 0 bridgehead atoms. The Labute approximate surface area is 179 Å². The van der Waals surface area contributed by atoms with E-state index in [2.05, 4.69) is 5.32 Å². The Balaban J connectivity index is 1.80. The Morgan fingerprint density at radius 3 is 2.38 bits per heavy atom. The lowest BCUT2D eigenvalue weighted by molar-refractivity contribution is -0.117. The zero-order chi connectivity index (χ0) is 21.1. The molecule has 0 radical (unpaired) electrons. The lowest BCUT2D eigenvalue weighted by Crippen LogP contribution is -2.43. The van der Waals surface area contributed by atoms with Crippen LogP contribution in [0.2, 0.25) is 5.02 Å². The average Bonchev–Trinajstić information content (AvgIpc) is 3.28. The van der Waals surface area contributed by atoms with Crippen LogP contribution in [0.3, 0.4) is 0 Å². The first-order valence-corrected chi connectivity index (χ1v) is 10.7. The van der Waals surface area contributed by atoms with Gasteiger partial charge in [-0.05, 0) is 56.5 Å². The summed E-state index contributed by atoms with van der Waals surface area (Å²) in [5.41, 5.74) is 7.08. The van der Waals surface area contributed by atoms with Crippen LogP contribution in [0.25, 0.3) is 0 Å². The van der Waals surface area contributed by atoms with Crippen molar-refractivity contribution in [3.8, 4) is 0 Å². The molecule has 8 heteroatoms. The van der Waals surface area contributed by atoms with Crippen LogP contribution in [-0.2, 0) is 4.79 Å². The molecule has 1 aliphatic carbocycles. The third kappa shape index (κ3) is 4.79. The quantitative estimate of drug-likeness (QED) is 0.716. The monoisotopic (exact) mass is 433 g/mol. The van der Waals surface area contributed by atoms with Gasteiger partial charge in [0.15, 0.2) is 0 Å². The minimum absolute atomic E-state index is 0.0198. The number of nitrogens with one attached hydrogen (secondary N) is 1. The predicted octanol–water partition coefficient (Wildman–Crippen LogP) is 4.14. The number of benzene rings is 1. The van der Waals surface area contributed by atoms with Crippen molar-refractivity contribution in [2.75, 3.05) is 11.9 Å². The Morgan fingerprint density at radius 2 is 1.79 bits per heavy atom. The van der Waals surface area contributed by atoms with Crippen molar-refractivity contribution in [2.45, 2.75) is 45.6 Å². The highest BCUT2D eigenvalue weighted by atomic mass is 35.5. The zero-order valence-electron chi connectivity index (χ0n) is 16.5. The molecule has 1 saturated carbocycles. The second-order valence-electron chi connectivity index (χ2n) is 7.28. The highest BCUT2D eigenvalue weighted by Crippen LogP contribution is 2.32. The summed E-state index contributed by atoms with van der Waals surface area (Å²) in [6.45, 7) is 3.59. The molecule has 3 rings (SSSR count). The third-order valence-electron chi connectivity index (χ3n) is 5.32. The van der Waals surface area contributed by atoms with Gasteiger partial charge in [-0.15, -0.1) is 11.3 Å². The molecule has 1 fully saturated rings. The van der Waals surface area contributed by atoms with Crippen molar-refractivity contribution in [1.82, 2.24) is 4.90 Å². The van der Waals surface area contributed by atoms with Gasteiger partial charge in [0.1, 0.15) is 11.5 Å². The number of carbonyl (C=O) groups is 3. The van der Waals surface area contributed by atoms with Crippen molar-refractivity contribution in [3.05, 3.63) is 50.9 Å². The van der Waals surface area contributed by atoms with Crippen LogP contribution in [0.15, 0.2) is 24.3 Å². The number of carbonyl (C=O) groups excluding carboxylic acids is 3. The smallest absolute Gasteiger partial charge is 0.254 e. The Hall–Kier alpha value is -2.38. The molecule has 154 valence electrons. The van der Waals surface area contributed by atoms with Gasteiger partial charge in [0.05, 0.1) is 5.56 Å². The van der Waals surface area contributed by atoms with Crippen molar-refractivity contribution in [3.63, 3.8) is 0 Å². The number of thiophene rings is 1. The molecule has 3 amide bonds. The van der Waals surface area contributed by atoms with Gasteiger partial charge in [0.2, 0.25) is 5.91 Å². The molecule has 1 aromatic heterocycles. The predicted molar refractivity (Wildman–Crippen MR) is 116 cm³/mol. The van der Waals surface area contributed by atoms with E-state index in [1.807, 2.05) is 6.92 Å². The fourth-order valence-corrected chi connectivity index (χ4v) is 4.88. The number of aryl methyl sites for hydroxylation is 1. The first-order chi connectivity index (χ1) is 13.8. The number of anilines is 1. The lowest BCUT2D eigenvalue weighted by Gasteiger charge is -2.28. The molecule has 0 aliphatic heterocycles. The molecule has 0 atom stereocenters. The van der Waals surface area contributed by atoms with E-state index in [1.54, 1.807) is 36.1 Å². The van der Waals surface area contributed by atoms with Gasteiger partial charge in [-0.25, -0.2) is 0 Å². The summed E-state index contributed by atoms with van der Waals surface area (Å²) < 4.78 is 0. The van der Waals surface area contributed by atoms with Gasteiger partial charge in [-0.2, -0.15) is 0 Å². The minimum Gasteiger partial charge on any atom is -0.365 e. The molecule has 1 aliphatic rings. The minimum atomic E-state index is -0.577. The number of hydrogen-bond acceptors (Lipinski definition) is 4. The van der Waals surface area contributed by atoms with Gasteiger partial charge in [-0.3, -0.25) is 14.4 Å². The number of rotatable bonds is 6. The van der Waals surface area contributed by atoms with Crippen LogP contribution in [0.5, 0.6) is 0 Å². The van der Waals surface area contributed by atoms with Crippen LogP contribution in [0.4, 0.5) is 5.00 Å². The van der Waals surface area contributed by atoms with E-state index in [4.69, 9.17) is 17.3 Å². The number of primary amides is 1. The van der Waals surface area contributed by atoms with E-state index in [0.29, 0.717) is 21.2 Å². The molecule has 3 N–H and O–H groups in total. The Morgan fingerprint density at radius 1 is 1.17 bits per heavy atom. The topological polar surface area (TPSA) is 92.5 Å². The first kappa shape index (κ1) is 21.3. The second-order valence-corrected chi connectivity index (χ2v) is 8.94. The summed E-state index contributed by atoms with van der Waals surface area (Å²) in [5, 5.41) is 3.77. The number of halogens is 1. The molecule has 2 aromatic rings. The summed E-state index contributed by atoms with van der Waals surface area (Å²) in [4.78, 5) is 40.2.